The van der Waals surface area contributed by atoms with Gasteiger partial charge in [0.2, 0.25) is 11.7 Å². The molecule has 0 spiro atoms. The van der Waals surface area contributed by atoms with Gasteiger partial charge in [-0.2, -0.15) is 0 Å². The van der Waals surface area contributed by atoms with E-state index < -0.39 is 0 Å². The molecule has 1 saturated heterocycles. The van der Waals surface area contributed by atoms with Gasteiger partial charge in [-0.1, -0.05) is 18.2 Å². The Bertz CT molecular complexity index is 1570. The number of benzene rings is 3. The molecule has 0 unspecified atom stereocenters. The Morgan fingerprint density at radius 3 is 2.25 bits per heavy atom. The summed E-state index contributed by atoms with van der Waals surface area (Å²) in [7, 11) is 5.15. The third kappa shape index (κ3) is 9.05. The Hall–Kier alpha value is -4.61. The fourth-order valence-electron chi connectivity index (χ4n) is 5.63. The van der Waals surface area contributed by atoms with Crippen LogP contribution in [0, 0.1) is 6.92 Å². The molecule has 11 nitrogen and oxygen atoms in total. The standard InChI is InChI=1S/C37H49N5O6/c1-26-14-17-30(32(25-26)48-23-9-5-6-13-33(43)42-21-19-40(2)20-22-42)41(3)37(45)28-15-16-29(36(46-4)34(28)39)35(44)27-11-7-8-12-31(27)47-24-10-18-38/h7-8,11-12,14-17,25H,5-6,9-10,13,18-24,38-39H2,1-4H3. The fourth-order valence-corrected chi connectivity index (χ4v) is 5.63. The van der Waals surface area contributed by atoms with Gasteiger partial charge in [0.05, 0.1) is 48.4 Å². The lowest BCUT2D eigenvalue weighted by Gasteiger charge is -2.32. The zero-order chi connectivity index (χ0) is 34.6. The van der Waals surface area contributed by atoms with Gasteiger partial charge in [-0.3, -0.25) is 14.4 Å². The predicted molar refractivity (Wildman–Crippen MR) is 188 cm³/mol. The molecular weight excluding hydrogens is 610 g/mol. The number of carbonyl (C=O) groups excluding carboxylic acids is 3. The molecule has 0 radical (unpaired) electrons. The molecule has 258 valence electrons. The maximum Gasteiger partial charge on any atom is 0.260 e. The maximum absolute atomic E-state index is 13.8. The van der Waals surface area contributed by atoms with Crippen LogP contribution in [0.25, 0.3) is 0 Å². The van der Waals surface area contributed by atoms with E-state index in [-0.39, 0.29) is 40.2 Å². The van der Waals surface area contributed by atoms with Gasteiger partial charge >= 0.3 is 0 Å². The molecule has 0 atom stereocenters. The quantitative estimate of drug-likeness (QED) is 0.129. The first-order chi connectivity index (χ1) is 23.2. The van der Waals surface area contributed by atoms with Gasteiger partial charge in [0.15, 0.2) is 5.75 Å². The highest BCUT2D eigenvalue weighted by Crippen LogP contribution is 2.36. The lowest BCUT2D eigenvalue weighted by Crippen LogP contribution is -2.47. The summed E-state index contributed by atoms with van der Waals surface area (Å²) < 4.78 is 17.6. The van der Waals surface area contributed by atoms with Crippen LogP contribution in [0.15, 0.2) is 54.6 Å². The molecular formula is C37H49N5O6. The van der Waals surface area contributed by atoms with E-state index in [9.17, 15) is 14.4 Å². The highest BCUT2D eigenvalue weighted by molar-refractivity contribution is 6.16. The minimum Gasteiger partial charge on any atom is -0.494 e. The van der Waals surface area contributed by atoms with Crippen molar-refractivity contribution in [3.8, 4) is 17.2 Å². The van der Waals surface area contributed by atoms with E-state index >= 15 is 0 Å². The normalized spacial score (nSPS) is 13.2. The topological polar surface area (TPSA) is 141 Å². The molecule has 0 bridgehead atoms. The van der Waals surface area contributed by atoms with Crippen molar-refractivity contribution in [3.63, 3.8) is 0 Å². The van der Waals surface area contributed by atoms with E-state index in [1.807, 2.05) is 30.0 Å². The third-order valence-corrected chi connectivity index (χ3v) is 8.54. The van der Waals surface area contributed by atoms with Crippen LogP contribution in [0.2, 0.25) is 0 Å². The van der Waals surface area contributed by atoms with E-state index in [4.69, 9.17) is 25.7 Å². The van der Waals surface area contributed by atoms with Crippen molar-refractivity contribution >= 4 is 29.0 Å². The number of likely N-dealkylation sites (N-methyl/N-ethyl adjacent to an activating group) is 1. The van der Waals surface area contributed by atoms with Gasteiger partial charge in [0.25, 0.3) is 5.91 Å². The highest BCUT2D eigenvalue weighted by Gasteiger charge is 2.26. The number of para-hydroxylation sites is 1. The third-order valence-electron chi connectivity index (χ3n) is 8.54. The Kier molecular flexibility index (Phi) is 13.2. The summed E-state index contributed by atoms with van der Waals surface area (Å²) in [5.41, 5.74) is 14.5. The van der Waals surface area contributed by atoms with Crippen LogP contribution in [-0.4, -0.2) is 94.5 Å². The zero-order valence-electron chi connectivity index (χ0n) is 28.6. The van der Waals surface area contributed by atoms with Crippen molar-refractivity contribution < 1.29 is 28.6 Å². The number of piperazine rings is 1. The smallest absolute Gasteiger partial charge is 0.260 e. The molecule has 0 aromatic heterocycles. The summed E-state index contributed by atoms with van der Waals surface area (Å²) >= 11 is 0. The van der Waals surface area contributed by atoms with Crippen molar-refractivity contribution in [1.29, 1.82) is 0 Å². The van der Waals surface area contributed by atoms with Gasteiger partial charge in [-0.25, -0.2) is 0 Å². The summed E-state index contributed by atoms with van der Waals surface area (Å²) in [4.78, 5) is 45.7. The Balaban J connectivity index is 1.42. The van der Waals surface area contributed by atoms with E-state index in [1.54, 1.807) is 43.4 Å². The number of ketones is 1. The number of anilines is 2. The van der Waals surface area contributed by atoms with Crippen LogP contribution in [0.3, 0.4) is 0 Å². The van der Waals surface area contributed by atoms with Crippen LogP contribution < -0.4 is 30.6 Å². The van der Waals surface area contributed by atoms with Gasteiger partial charge in [-0.15, -0.1) is 0 Å². The van der Waals surface area contributed by atoms with Crippen LogP contribution in [-0.2, 0) is 4.79 Å². The number of amides is 2. The zero-order valence-corrected chi connectivity index (χ0v) is 28.6. The number of carbonyl (C=O) groups is 3. The van der Waals surface area contributed by atoms with Crippen molar-refractivity contribution in [2.24, 2.45) is 5.73 Å². The number of nitrogens with zero attached hydrogens (tertiary/aromatic N) is 3. The molecule has 1 fully saturated rings. The summed E-state index contributed by atoms with van der Waals surface area (Å²) in [6.07, 6.45) is 3.64. The average molecular weight is 660 g/mol. The molecule has 1 aliphatic rings. The predicted octanol–water partition coefficient (Wildman–Crippen LogP) is 4.53. The van der Waals surface area contributed by atoms with Crippen molar-refractivity contribution in [1.82, 2.24) is 9.80 Å². The molecule has 4 rings (SSSR count). The summed E-state index contributed by atoms with van der Waals surface area (Å²) in [6, 6.07) is 15.7. The Morgan fingerprint density at radius 1 is 0.833 bits per heavy atom. The molecule has 3 aromatic rings. The number of ether oxygens (including phenoxy) is 3. The number of rotatable bonds is 16. The van der Waals surface area contributed by atoms with Gasteiger partial charge in [-0.05, 0) is 88.2 Å². The number of nitrogen functional groups attached to an aromatic ring is 1. The summed E-state index contributed by atoms with van der Waals surface area (Å²) in [5, 5.41) is 0. The molecule has 0 aliphatic carbocycles. The molecule has 4 N–H and O–H groups in total. The van der Waals surface area contributed by atoms with E-state index in [0.29, 0.717) is 55.4 Å². The van der Waals surface area contributed by atoms with Crippen molar-refractivity contribution in [2.45, 2.75) is 39.0 Å². The molecule has 3 aromatic carbocycles. The molecule has 11 heteroatoms. The monoisotopic (exact) mass is 659 g/mol. The van der Waals surface area contributed by atoms with E-state index in [1.165, 1.54) is 12.0 Å². The number of unbranched alkanes of at least 4 members (excludes halogenated alkanes) is 2. The number of nitrogens with two attached hydrogens (primary N) is 2. The van der Waals surface area contributed by atoms with Gasteiger partial charge < -0.3 is 40.4 Å². The second-order valence-electron chi connectivity index (χ2n) is 12.1. The summed E-state index contributed by atoms with van der Waals surface area (Å²) in [5.74, 6) is 0.613. The lowest BCUT2D eigenvalue weighted by atomic mass is 9.98. The minimum atomic E-state index is -0.383. The molecule has 2 amide bonds. The van der Waals surface area contributed by atoms with Crippen LogP contribution >= 0.6 is 0 Å². The van der Waals surface area contributed by atoms with E-state index in [0.717, 1.165) is 51.0 Å². The average Bonchev–Trinajstić information content (AvgIpc) is 3.09. The molecule has 0 saturated carbocycles. The van der Waals surface area contributed by atoms with Crippen LogP contribution in [0.5, 0.6) is 17.2 Å². The molecule has 48 heavy (non-hydrogen) atoms. The summed E-state index contributed by atoms with van der Waals surface area (Å²) in [6.45, 7) is 6.68. The number of methoxy groups -OCH3 is 1. The second kappa shape index (κ2) is 17.5. The fraction of sp³-hybridized carbons (Fsp3) is 0.432. The minimum absolute atomic E-state index is 0.0578. The first-order valence-electron chi connectivity index (χ1n) is 16.6. The Morgan fingerprint density at radius 2 is 1.52 bits per heavy atom. The first-order valence-corrected chi connectivity index (χ1v) is 16.6. The van der Waals surface area contributed by atoms with Crippen molar-refractivity contribution in [3.05, 3.63) is 76.9 Å². The number of hydrogen-bond donors (Lipinski definition) is 2. The lowest BCUT2D eigenvalue weighted by molar-refractivity contribution is -0.132. The molecule has 1 aliphatic heterocycles. The first kappa shape index (κ1) is 36.2. The number of aryl methyl sites for hydroxylation is 1. The van der Waals surface area contributed by atoms with Crippen LogP contribution in [0.4, 0.5) is 11.4 Å². The number of hydrogen-bond acceptors (Lipinski definition) is 9. The van der Waals surface area contributed by atoms with E-state index in [2.05, 4.69) is 11.9 Å². The maximum atomic E-state index is 13.8. The molecule has 1 heterocycles. The van der Waals surface area contributed by atoms with Crippen molar-refractivity contribution in [2.75, 3.05) is 77.8 Å². The van der Waals surface area contributed by atoms with Crippen LogP contribution in [0.1, 0.15) is 63.9 Å². The largest absolute Gasteiger partial charge is 0.494 e. The van der Waals surface area contributed by atoms with Gasteiger partial charge in [0.1, 0.15) is 11.5 Å². The SMILES string of the molecule is COc1c(C(=O)c2ccccc2OCCCN)ccc(C(=O)N(C)c2ccc(C)cc2OCCCCCC(=O)N2CCN(C)CC2)c1N. The van der Waals surface area contributed by atoms with Gasteiger partial charge in [0, 0.05) is 39.6 Å². The highest BCUT2D eigenvalue weighted by atomic mass is 16.5. The second-order valence-corrected chi connectivity index (χ2v) is 12.1. The Labute approximate surface area is 283 Å².